The smallest absolute Gasteiger partial charge is 0.147 e. The van der Waals surface area contributed by atoms with Gasteiger partial charge in [-0.25, -0.2) is 0 Å². The average molecular weight is 237 g/mol. The Morgan fingerprint density at radius 1 is 0.846 bits per heavy atom. The first kappa shape index (κ1) is 16.0. The molecule has 0 aliphatic carbocycles. The monoisotopic (exact) mass is 236 g/mol. The zero-order valence-electron chi connectivity index (χ0n) is 8.17. The fourth-order valence-electron chi connectivity index (χ4n) is 0.763. The summed E-state index contributed by atoms with van der Waals surface area (Å²) in [6.45, 7) is 6.25. The standard InChI is InChI=1S/C6H17O5P.ClH/c1-5(2)10-12(7,8,9)11-6(3)4;/h5-9H,1-4H3;1H. The second-order valence-electron chi connectivity index (χ2n) is 3.14. The van der Waals surface area contributed by atoms with Crippen LogP contribution in [0, 0.1) is 0 Å². The van der Waals surface area contributed by atoms with Gasteiger partial charge >= 0.3 is 71.4 Å². The van der Waals surface area contributed by atoms with Gasteiger partial charge in [0, 0.05) is 0 Å². The minimum Gasteiger partial charge on any atom is -0.147 e. The maximum absolute atomic E-state index is 9.12. The van der Waals surface area contributed by atoms with Crippen molar-refractivity contribution in [1.82, 2.24) is 0 Å². The predicted molar refractivity (Wildman–Crippen MR) is 53.3 cm³/mol. The summed E-state index contributed by atoms with van der Waals surface area (Å²) in [5, 5.41) is 0. The molecular formula is C6H18ClO5P. The van der Waals surface area contributed by atoms with E-state index in [0.29, 0.717) is 0 Å². The molecule has 84 valence electrons. The minimum absolute atomic E-state index is 0. The van der Waals surface area contributed by atoms with Crippen LogP contribution < -0.4 is 0 Å². The maximum atomic E-state index is 9.12. The van der Waals surface area contributed by atoms with Crippen molar-refractivity contribution in [2.75, 3.05) is 0 Å². The molecule has 0 amide bonds. The molecule has 0 rings (SSSR count). The Bertz CT molecular complexity index is 139. The molecule has 0 aromatic rings. The summed E-state index contributed by atoms with van der Waals surface area (Å²) in [5.41, 5.74) is 0. The van der Waals surface area contributed by atoms with Crippen LogP contribution in [0.4, 0.5) is 0 Å². The number of rotatable bonds is 4. The zero-order valence-corrected chi connectivity index (χ0v) is 9.88. The number of hydrogen-bond donors (Lipinski definition) is 3. The van der Waals surface area contributed by atoms with Crippen LogP contribution in [0.3, 0.4) is 0 Å². The van der Waals surface area contributed by atoms with Crippen LogP contribution in [0.1, 0.15) is 27.7 Å². The summed E-state index contributed by atoms with van der Waals surface area (Å²) >= 11 is 0. The van der Waals surface area contributed by atoms with E-state index in [4.69, 9.17) is 14.7 Å². The Hall–Kier alpha value is 0.520. The third kappa shape index (κ3) is 8.84. The molecule has 0 spiro atoms. The first-order chi connectivity index (χ1) is 5.10. The molecule has 0 aromatic heterocycles. The molecule has 0 aromatic carbocycles. The van der Waals surface area contributed by atoms with Gasteiger partial charge in [0.2, 0.25) is 0 Å². The van der Waals surface area contributed by atoms with Crippen molar-refractivity contribution in [1.29, 1.82) is 0 Å². The zero-order chi connectivity index (χ0) is 10.0. The van der Waals surface area contributed by atoms with Crippen LogP contribution >= 0.6 is 20.1 Å². The van der Waals surface area contributed by atoms with Gasteiger partial charge < -0.3 is 0 Å². The summed E-state index contributed by atoms with van der Waals surface area (Å²) in [6.07, 6.45) is -1.03. The number of hydrogen-bond acceptors (Lipinski definition) is 5. The minimum atomic E-state index is -5.29. The molecule has 0 atom stereocenters. The van der Waals surface area contributed by atoms with Crippen molar-refractivity contribution >= 4 is 20.1 Å². The predicted octanol–water partition coefficient (Wildman–Crippen LogP) is 1.36. The Balaban J connectivity index is 0. The van der Waals surface area contributed by atoms with Crippen molar-refractivity contribution < 1.29 is 23.7 Å². The van der Waals surface area contributed by atoms with Gasteiger partial charge in [0.05, 0.1) is 0 Å². The topological polar surface area (TPSA) is 79.2 Å². The molecule has 0 saturated carbocycles. The molecule has 3 N–H and O–H groups in total. The Kier molecular flexibility index (Phi) is 5.95. The van der Waals surface area contributed by atoms with Gasteiger partial charge in [-0.3, -0.25) is 0 Å². The molecule has 0 aliphatic heterocycles. The maximum Gasteiger partial charge on any atom is -0.147 e. The third-order valence-electron chi connectivity index (χ3n) is 0.791. The van der Waals surface area contributed by atoms with E-state index < -0.39 is 19.9 Å². The van der Waals surface area contributed by atoms with E-state index in [9.17, 15) is 0 Å². The molecule has 0 radical (unpaired) electrons. The molecule has 7 heteroatoms. The van der Waals surface area contributed by atoms with E-state index >= 15 is 0 Å². The van der Waals surface area contributed by atoms with Crippen LogP contribution in [0.5, 0.6) is 0 Å². The Labute approximate surface area is 84.4 Å². The van der Waals surface area contributed by atoms with Crippen LogP contribution in [0.25, 0.3) is 0 Å². The summed E-state index contributed by atoms with van der Waals surface area (Å²) in [7, 11) is -5.29. The second kappa shape index (κ2) is 4.84. The van der Waals surface area contributed by atoms with Crippen molar-refractivity contribution in [2.24, 2.45) is 0 Å². The van der Waals surface area contributed by atoms with Gasteiger partial charge in [0.1, 0.15) is 0 Å². The molecule has 0 bridgehead atoms. The van der Waals surface area contributed by atoms with E-state index in [2.05, 4.69) is 9.05 Å². The molecule has 0 aliphatic rings. The fourth-order valence-corrected chi connectivity index (χ4v) is 2.29. The van der Waals surface area contributed by atoms with E-state index in [-0.39, 0.29) is 12.4 Å². The third-order valence-corrected chi connectivity index (χ3v) is 2.37. The van der Waals surface area contributed by atoms with Crippen LogP contribution in [0.15, 0.2) is 0 Å². The van der Waals surface area contributed by atoms with E-state index in [0.717, 1.165) is 0 Å². The molecule has 0 heterocycles. The van der Waals surface area contributed by atoms with Gasteiger partial charge in [0.25, 0.3) is 0 Å². The summed E-state index contributed by atoms with van der Waals surface area (Å²) in [6, 6.07) is 0. The van der Waals surface area contributed by atoms with Crippen molar-refractivity contribution in [2.45, 2.75) is 39.9 Å². The van der Waals surface area contributed by atoms with Crippen molar-refractivity contribution in [3.8, 4) is 0 Å². The van der Waals surface area contributed by atoms with Crippen LogP contribution in [-0.4, -0.2) is 26.9 Å². The van der Waals surface area contributed by atoms with Gasteiger partial charge in [-0.1, -0.05) is 0 Å². The second-order valence-corrected chi connectivity index (χ2v) is 5.23. The Morgan fingerprint density at radius 3 is 1.23 bits per heavy atom. The molecule has 0 saturated heterocycles. The van der Waals surface area contributed by atoms with Gasteiger partial charge in [-0.05, 0) is 0 Å². The summed E-state index contributed by atoms with van der Waals surface area (Å²) < 4.78 is 9.02. The van der Waals surface area contributed by atoms with E-state index in [1.54, 1.807) is 27.7 Å². The molecular weight excluding hydrogens is 218 g/mol. The summed E-state index contributed by atoms with van der Waals surface area (Å²) in [4.78, 5) is 27.4. The molecule has 5 nitrogen and oxygen atoms in total. The van der Waals surface area contributed by atoms with Crippen LogP contribution in [0.2, 0.25) is 0 Å². The fraction of sp³-hybridized carbons (Fsp3) is 1.00. The van der Waals surface area contributed by atoms with E-state index in [1.807, 2.05) is 0 Å². The SMILES string of the molecule is CC(C)OP(O)(O)(O)OC(C)C.Cl. The quantitative estimate of drug-likeness (QED) is 0.643. The normalized spacial score (nSPS) is 15.3. The van der Waals surface area contributed by atoms with Crippen molar-refractivity contribution in [3.05, 3.63) is 0 Å². The number of halogens is 1. The van der Waals surface area contributed by atoms with Gasteiger partial charge in [-0.15, -0.1) is 12.4 Å². The van der Waals surface area contributed by atoms with Crippen LogP contribution in [-0.2, 0) is 9.05 Å². The van der Waals surface area contributed by atoms with E-state index in [1.165, 1.54) is 0 Å². The first-order valence-electron chi connectivity index (χ1n) is 3.75. The molecule has 13 heavy (non-hydrogen) atoms. The van der Waals surface area contributed by atoms with Crippen molar-refractivity contribution in [3.63, 3.8) is 0 Å². The largest absolute Gasteiger partial charge is 0.147 e. The van der Waals surface area contributed by atoms with Gasteiger partial charge in [0.15, 0.2) is 0 Å². The van der Waals surface area contributed by atoms with Gasteiger partial charge in [-0.2, -0.15) is 0 Å². The molecule has 0 unspecified atom stereocenters. The average Bonchev–Trinajstić information content (AvgIpc) is 1.49. The summed E-state index contributed by atoms with van der Waals surface area (Å²) in [5.74, 6) is 0. The first-order valence-corrected chi connectivity index (χ1v) is 5.68. The molecule has 0 fully saturated rings. The Morgan fingerprint density at radius 2 is 1.08 bits per heavy atom.